The van der Waals surface area contributed by atoms with Crippen molar-refractivity contribution in [3.8, 4) is 0 Å². The van der Waals surface area contributed by atoms with E-state index in [1.807, 2.05) is 21.1 Å². The number of phosphoric acid groups is 1. The Bertz CT molecular complexity index is 819. The van der Waals surface area contributed by atoms with Crippen molar-refractivity contribution in [2.75, 3.05) is 47.5 Å². The second-order valence-electron chi connectivity index (χ2n) is 15.0. The topological polar surface area (TPSA) is 111 Å². The smallest absolute Gasteiger partial charge is 0.306 e. The Labute approximate surface area is 302 Å². The molecule has 0 aromatic carbocycles. The van der Waals surface area contributed by atoms with Gasteiger partial charge in [0.1, 0.15) is 19.8 Å². The Balaban J connectivity index is 4.38. The summed E-state index contributed by atoms with van der Waals surface area (Å²) in [7, 11) is 1.18. The Kier molecular flexibility index (Phi) is 32.2. The number of phosphoric ester groups is 1. The summed E-state index contributed by atoms with van der Waals surface area (Å²) in [5.41, 5.74) is 0. The molecule has 292 valence electrons. The van der Waals surface area contributed by atoms with Crippen LogP contribution in [0.1, 0.15) is 187 Å². The van der Waals surface area contributed by atoms with Gasteiger partial charge in [0.15, 0.2) is 6.10 Å². The summed E-state index contributed by atoms with van der Waals surface area (Å²) in [5, 5.41) is 0. The maximum atomic E-state index is 12.6. The number of likely N-dealkylation sites (N-methyl/N-ethyl adjacent to an activating group) is 1. The number of esters is 2. The SMILES string of the molecule is CCCCCCCCCCCCCCCC(=O)OCC(COP(=O)([O-])OCC[N+](C)(C)C)OC(=O)CCCCCCCCCCCCCC. The van der Waals surface area contributed by atoms with E-state index in [4.69, 9.17) is 18.5 Å². The molecule has 0 spiro atoms. The average molecular weight is 720 g/mol. The van der Waals surface area contributed by atoms with Crippen LogP contribution in [0.25, 0.3) is 0 Å². The highest BCUT2D eigenvalue weighted by molar-refractivity contribution is 7.45. The molecule has 2 atom stereocenters. The van der Waals surface area contributed by atoms with Gasteiger partial charge in [0.05, 0.1) is 27.7 Å². The molecular formula is C39H78NO8P. The van der Waals surface area contributed by atoms with Crippen molar-refractivity contribution >= 4 is 19.8 Å². The molecule has 0 aromatic heterocycles. The molecule has 10 heteroatoms. The Morgan fingerprint density at radius 1 is 0.551 bits per heavy atom. The van der Waals surface area contributed by atoms with Crippen LogP contribution in [0.4, 0.5) is 0 Å². The molecule has 0 saturated carbocycles. The van der Waals surface area contributed by atoms with Crippen LogP contribution in [0.3, 0.4) is 0 Å². The summed E-state index contributed by atoms with van der Waals surface area (Å²) >= 11 is 0. The van der Waals surface area contributed by atoms with Crippen molar-refractivity contribution in [1.82, 2.24) is 0 Å². The Morgan fingerprint density at radius 2 is 0.918 bits per heavy atom. The summed E-state index contributed by atoms with van der Waals surface area (Å²) in [6.07, 6.45) is 29.8. The molecule has 0 N–H and O–H groups in total. The predicted octanol–water partition coefficient (Wildman–Crippen LogP) is 10.2. The first kappa shape index (κ1) is 48.0. The van der Waals surface area contributed by atoms with E-state index in [9.17, 15) is 19.0 Å². The van der Waals surface area contributed by atoms with Gasteiger partial charge in [0.2, 0.25) is 0 Å². The van der Waals surface area contributed by atoms with Gasteiger partial charge in [-0.05, 0) is 12.8 Å². The Hall–Kier alpha value is -0.990. The summed E-state index contributed by atoms with van der Waals surface area (Å²) < 4.78 is 33.8. The molecule has 0 rings (SSSR count). The molecule has 0 saturated heterocycles. The molecule has 0 fully saturated rings. The zero-order valence-corrected chi connectivity index (χ0v) is 33.6. The van der Waals surface area contributed by atoms with E-state index in [1.165, 1.54) is 122 Å². The van der Waals surface area contributed by atoms with Crippen molar-refractivity contribution in [3.05, 3.63) is 0 Å². The molecule has 2 unspecified atom stereocenters. The fourth-order valence-corrected chi connectivity index (χ4v) is 6.38. The number of unbranched alkanes of at least 4 members (excludes halogenated alkanes) is 23. The molecule has 0 aromatic rings. The monoisotopic (exact) mass is 720 g/mol. The third kappa shape index (κ3) is 36.6. The van der Waals surface area contributed by atoms with Crippen LogP contribution in [-0.4, -0.2) is 70.0 Å². The van der Waals surface area contributed by atoms with Gasteiger partial charge in [0.25, 0.3) is 7.82 Å². The van der Waals surface area contributed by atoms with Gasteiger partial charge in [-0.2, -0.15) is 0 Å². The van der Waals surface area contributed by atoms with Crippen molar-refractivity contribution in [3.63, 3.8) is 0 Å². The second kappa shape index (κ2) is 32.9. The maximum Gasteiger partial charge on any atom is 0.306 e. The first-order chi connectivity index (χ1) is 23.5. The van der Waals surface area contributed by atoms with E-state index in [0.29, 0.717) is 17.4 Å². The number of hydrogen-bond acceptors (Lipinski definition) is 8. The standard InChI is InChI=1S/C39H78NO8P/c1-6-8-10-12-14-16-18-20-22-23-25-27-29-31-38(41)45-35-37(36-47-49(43,44)46-34-33-40(3,4)5)48-39(42)32-30-28-26-24-21-19-17-15-13-11-9-7-2/h37H,6-36H2,1-5H3. The minimum absolute atomic E-state index is 0.0260. The zero-order chi connectivity index (χ0) is 36.5. The van der Waals surface area contributed by atoms with E-state index in [2.05, 4.69) is 13.8 Å². The largest absolute Gasteiger partial charge is 0.756 e. The number of hydrogen-bond donors (Lipinski definition) is 0. The summed E-state index contributed by atoms with van der Waals surface area (Å²) in [5.74, 6) is -0.825. The lowest BCUT2D eigenvalue weighted by Gasteiger charge is -2.28. The number of carbonyl (C=O) groups excluding carboxylic acids is 2. The fraction of sp³-hybridized carbons (Fsp3) is 0.949. The highest BCUT2D eigenvalue weighted by atomic mass is 31.2. The molecule has 0 heterocycles. The number of nitrogens with zero attached hydrogens (tertiary/aromatic N) is 1. The van der Waals surface area contributed by atoms with E-state index >= 15 is 0 Å². The van der Waals surface area contributed by atoms with Gasteiger partial charge in [-0.15, -0.1) is 0 Å². The van der Waals surface area contributed by atoms with Gasteiger partial charge in [0, 0.05) is 12.8 Å². The van der Waals surface area contributed by atoms with E-state index in [1.54, 1.807) is 0 Å². The van der Waals surface area contributed by atoms with Gasteiger partial charge < -0.3 is 27.9 Å². The second-order valence-corrected chi connectivity index (χ2v) is 16.4. The average Bonchev–Trinajstić information content (AvgIpc) is 3.04. The maximum absolute atomic E-state index is 12.6. The van der Waals surface area contributed by atoms with Crippen LogP contribution in [-0.2, 0) is 32.7 Å². The third-order valence-corrected chi connectivity index (χ3v) is 9.84. The molecule has 0 aliphatic rings. The number of carbonyl (C=O) groups is 2. The molecule has 0 amide bonds. The van der Waals surface area contributed by atoms with Crippen LogP contribution < -0.4 is 4.89 Å². The van der Waals surface area contributed by atoms with Crippen molar-refractivity contribution in [2.24, 2.45) is 0 Å². The number of quaternary nitrogens is 1. The molecule has 0 aliphatic carbocycles. The van der Waals surface area contributed by atoms with Gasteiger partial charge >= 0.3 is 11.9 Å². The predicted molar refractivity (Wildman–Crippen MR) is 199 cm³/mol. The number of rotatable bonds is 37. The first-order valence-electron chi connectivity index (χ1n) is 20.2. The summed E-state index contributed by atoms with van der Waals surface area (Å²) in [6.45, 7) is 4.23. The summed E-state index contributed by atoms with van der Waals surface area (Å²) in [6, 6.07) is 0. The van der Waals surface area contributed by atoms with Gasteiger partial charge in [-0.25, -0.2) is 0 Å². The zero-order valence-electron chi connectivity index (χ0n) is 32.7. The Morgan fingerprint density at radius 3 is 1.31 bits per heavy atom. The fourth-order valence-electron chi connectivity index (χ4n) is 5.65. The normalized spacial score (nSPS) is 13.7. The molecular weight excluding hydrogens is 641 g/mol. The molecule has 0 bridgehead atoms. The lowest BCUT2D eigenvalue weighted by molar-refractivity contribution is -0.870. The van der Waals surface area contributed by atoms with Crippen LogP contribution in [0.2, 0.25) is 0 Å². The minimum Gasteiger partial charge on any atom is -0.756 e. The van der Waals surface area contributed by atoms with Crippen LogP contribution >= 0.6 is 7.82 Å². The van der Waals surface area contributed by atoms with Crippen LogP contribution in [0, 0.1) is 0 Å². The van der Waals surface area contributed by atoms with Crippen LogP contribution in [0.15, 0.2) is 0 Å². The van der Waals surface area contributed by atoms with E-state index in [0.717, 1.165) is 32.1 Å². The van der Waals surface area contributed by atoms with E-state index in [-0.39, 0.29) is 32.0 Å². The molecule has 0 radical (unpaired) electrons. The van der Waals surface area contributed by atoms with E-state index < -0.39 is 26.5 Å². The minimum atomic E-state index is -4.61. The quantitative estimate of drug-likeness (QED) is 0.0270. The lowest BCUT2D eigenvalue weighted by atomic mass is 10.0. The molecule has 9 nitrogen and oxygen atoms in total. The van der Waals surface area contributed by atoms with Crippen molar-refractivity contribution in [1.29, 1.82) is 0 Å². The summed E-state index contributed by atoms with van der Waals surface area (Å²) in [4.78, 5) is 37.3. The third-order valence-electron chi connectivity index (χ3n) is 8.88. The van der Waals surface area contributed by atoms with Gasteiger partial charge in [-0.3, -0.25) is 14.2 Å². The lowest BCUT2D eigenvalue weighted by Crippen LogP contribution is -2.37. The van der Waals surface area contributed by atoms with Crippen molar-refractivity contribution in [2.45, 2.75) is 193 Å². The number of ether oxygens (including phenoxy) is 2. The van der Waals surface area contributed by atoms with Gasteiger partial charge in [-0.1, -0.05) is 162 Å². The molecule has 49 heavy (non-hydrogen) atoms. The van der Waals surface area contributed by atoms with Crippen molar-refractivity contribution < 1.29 is 42.1 Å². The highest BCUT2D eigenvalue weighted by Gasteiger charge is 2.21. The first-order valence-corrected chi connectivity index (χ1v) is 21.7. The molecule has 0 aliphatic heterocycles. The van der Waals surface area contributed by atoms with Crippen LogP contribution in [0.5, 0.6) is 0 Å². The highest BCUT2D eigenvalue weighted by Crippen LogP contribution is 2.38.